The third-order valence-corrected chi connectivity index (χ3v) is 4.39. The van der Waals surface area contributed by atoms with Crippen molar-refractivity contribution >= 4 is 17.5 Å². The van der Waals surface area contributed by atoms with Crippen molar-refractivity contribution in [2.45, 2.75) is 6.54 Å². The second-order valence-electron chi connectivity index (χ2n) is 5.85. The molecule has 0 saturated carbocycles. The molecule has 5 heteroatoms. The van der Waals surface area contributed by atoms with Crippen molar-refractivity contribution in [3.8, 4) is 0 Å². The van der Waals surface area contributed by atoms with E-state index in [1.54, 1.807) is 29.2 Å². The topological polar surface area (TPSA) is 36.8 Å². The number of hydrazine groups is 1. The van der Waals surface area contributed by atoms with Crippen LogP contribution >= 0.6 is 11.6 Å². The summed E-state index contributed by atoms with van der Waals surface area (Å²) in [6, 6.07) is 17.5. The molecule has 0 aliphatic carbocycles. The van der Waals surface area contributed by atoms with Crippen molar-refractivity contribution in [2.24, 2.45) is 0 Å². The summed E-state index contributed by atoms with van der Waals surface area (Å²) in [5.41, 5.74) is 4.97. The number of nitrogens with one attached hydrogen (secondary N) is 2. The van der Waals surface area contributed by atoms with Gasteiger partial charge in [-0.05, 0) is 24.3 Å². The van der Waals surface area contributed by atoms with Gasteiger partial charge in [-0.1, -0.05) is 41.9 Å². The van der Waals surface area contributed by atoms with E-state index >= 15 is 0 Å². The van der Waals surface area contributed by atoms with E-state index in [1.807, 2.05) is 11.1 Å². The minimum absolute atomic E-state index is 0.0758. The van der Waals surface area contributed by atoms with Crippen LogP contribution in [0.4, 0.5) is 0 Å². The number of piperazine rings is 1. The van der Waals surface area contributed by atoms with Crippen LogP contribution in [0.2, 0.25) is 5.02 Å². The Bertz CT molecular complexity index is 637. The molecule has 1 heterocycles. The van der Waals surface area contributed by atoms with Crippen LogP contribution in [0, 0.1) is 0 Å². The predicted octanol–water partition coefficient (Wildman–Crippen LogP) is 1.39. The maximum atomic E-state index is 12.2. The van der Waals surface area contributed by atoms with E-state index in [4.69, 9.17) is 11.6 Å². The SMILES string of the molecule is O=C(NN1CC[NH+](Cc2ccccc2)CC1)c1ccc(Cl)cc1. The fraction of sp³-hybridized carbons (Fsp3) is 0.278. The molecule has 0 aromatic heterocycles. The molecule has 3 rings (SSSR count). The van der Waals surface area contributed by atoms with Crippen LogP contribution in [0.5, 0.6) is 0 Å². The van der Waals surface area contributed by atoms with Gasteiger partial charge in [-0.2, -0.15) is 0 Å². The number of nitrogens with zero attached hydrogens (tertiary/aromatic N) is 1. The number of benzene rings is 2. The van der Waals surface area contributed by atoms with Gasteiger partial charge >= 0.3 is 0 Å². The number of carbonyl (C=O) groups is 1. The number of halogens is 1. The largest absolute Gasteiger partial charge is 0.329 e. The summed E-state index contributed by atoms with van der Waals surface area (Å²) in [6.07, 6.45) is 0. The van der Waals surface area contributed by atoms with Crippen molar-refractivity contribution in [2.75, 3.05) is 26.2 Å². The minimum atomic E-state index is -0.0758. The van der Waals surface area contributed by atoms with Crippen LogP contribution in [0.1, 0.15) is 15.9 Å². The molecule has 1 aliphatic heterocycles. The Morgan fingerprint density at radius 3 is 2.35 bits per heavy atom. The summed E-state index contributed by atoms with van der Waals surface area (Å²) in [7, 11) is 0. The molecule has 0 spiro atoms. The molecule has 23 heavy (non-hydrogen) atoms. The summed E-state index contributed by atoms with van der Waals surface area (Å²) in [5.74, 6) is -0.0758. The van der Waals surface area contributed by atoms with E-state index < -0.39 is 0 Å². The normalized spacial score (nSPS) is 16.2. The Balaban J connectivity index is 1.47. The first-order chi connectivity index (χ1) is 11.2. The van der Waals surface area contributed by atoms with Crippen molar-refractivity contribution in [1.29, 1.82) is 0 Å². The Morgan fingerprint density at radius 2 is 1.70 bits per heavy atom. The molecule has 4 nitrogen and oxygen atoms in total. The van der Waals surface area contributed by atoms with E-state index in [0.29, 0.717) is 10.6 Å². The average Bonchev–Trinajstić information content (AvgIpc) is 2.58. The number of rotatable bonds is 4. The minimum Gasteiger partial charge on any atom is -0.329 e. The summed E-state index contributed by atoms with van der Waals surface area (Å²) in [6.45, 7) is 4.81. The van der Waals surface area contributed by atoms with Gasteiger partial charge in [0.15, 0.2) is 0 Å². The Kier molecular flexibility index (Phi) is 5.28. The standard InChI is InChI=1S/C18H20ClN3O/c19-17-8-6-16(7-9-17)18(23)20-22-12-10-21(11-13-22)14-15-4-2-1-3-5-15/h1-9H,10-14H2,(H,20,23)/p+1. The number of amides is 1. The van der Waals surface area contributed by atoms with Gasteiger partial charge in [0.05, 0.1) is 26.2 Å². The highest BCUT2D eigenvalue weighted by atomic mass is 35.5. The summed E-state index contributed by atoms with van der Waals surface area (Å²) in [5, 5.41) is 2.64. The highest BCUT2D eigenvalue weighted by Crippen LogP contribution is 2.09. The third kappa shape index (κ3) is 4.55. The zero-order chi connectivity index (χ0) is 16.1. The van der Waals surface area contributed by atoms with E-state index in [-0.39, 0.29) is 5.91 Å². The molecular weight excluding hydrogens is 310 g/mol. The Hall–Kier alpha value is -1.88. The Labute approximate surface area is 141 Å². The smallest absolute Gasteiger partial charge is 0.265 e. The molecule has 2 aromatic rings. The molecule has 0 radical (unpaired) electrons. The van der Waals surface area contributed by atoms with Gasteiger partial charge in [0.25, 0.3) is 5.91 Å². The van der Waals surface area contributed by atoms with Gasteiger partial charge in [0.1, 0.15) is 6.54 Å². The molecule has 120 valence electrons. The van der Waals surface area contributed by atoms with Gasteiger partial charge in [0.2, 0.25) is 0 Å². The summed E-state index contributed by atoms with van der Waals surface area (Å²) < 4.78 is 0. The van der Waals surface area contributed by atoms with Crippen LogP contribution in [0.25, 0.3) is 0 Å². The molecule has 0 bridgehead atoms. The zero-order valence-electron chi connectivity index (χ0n) is 13.0. The molecule has 1 fully saturated rings. The van der Waals surface area contributed by atoms with Crippen LogP contribution < -0.4 is 10.3 Å². The summed E-state index contributed by atoms with van der Waals surface area (Å²) >= 11 is 5.85. The van der Waals surface area contributed by atoms with Gasteiger partial charge < -0.3 is 4.90 Å². The van der Waals surface area contributed by atoms with Crippen molar-refractivity contribution in [1.82, 2.24) is 10.4 Å². The zero-order valence-corrected chi connectivity index (χ0v) is 13.7. The first-order valence-electron chi connectivity index (χ1n) is 7.90. The molecule has 1 aliphatic rings. The van der Waals surface area contributed by atoms with Crippen molar-refractivity contribution in [3.05, 3.63) is 70.7 Å². The number of hydrogen-bond donors (Lipinski definition) is 2. The lowest BCUT2D eigenvalue weighted by Gasteiger charge is -2.32. The Morgan fingerprint density at radius 1 is 1.04 bits per heavy atom. The highest BCUT2D eigenvalue weighted by molar-refractivity contribution is 6.30. The van der Waals surface area contributed by atoms with Crippen LogP contribution in [-0.2, 0) is 6.54 Å². The summed E-state index contributed by atoms with van der Waals surface area (Å²) in [4.78, 5) is 13.7. The van der Waals surface area contributed by atoms with Crippen LogP contribution in [0.3, 0.4) is 0 Å². The lowest BCUT2D eigenvalue weighted by Crippen LogP contribution is -3.13. The first kappa shape index (κ1) is 16.0. The second kappa shape index (κ2) is 7.59. The number of hydrogen-bond acceptors (Lipinski definition) is 2. The van der Waals surface area contributed by atoms with Gasteiger partial charge in [-0.25, -0.2) is 5.01 Å². The lowest BCUT2D eigenvalue weighted by atomic mass is 10.2. The van der Waals surface area contributed by atoms with Crippen molar-refractivity contribution < 1.29 is 9.69 Å². The number of carbonyl (C=O) groups excluding carboxylic acids is 1. The fourth-order valence-corrected chi connectivity index (χ4v) is 2.93. The fourth-order valence-electron chi connectivity index (χ4n) is 2.81. The first-order valence-corrected chi connectivity index (χ1v) is 8.27. The van der Waals surface area contributed by atoms with E-state index in [2.05, 4.69) is 29.7 Å². The quantitative estimate of drug-likeness (QED) is 0.889. The molecular formula is C18H21ClN3O+. The second-order valence-corrected chi connectivity index (χ2v) is 6.28. The maximum Gasteiger partial charge on any atom is 0.265 e. The highest BCUT2D eigenvalue weighted by Gasteiger charge is 2.21. The van der Waals surface area contributed by atoms with E-state index in [1.165, 1.54) is 5.56 Å². The van der Waals surface area contributed by atoms with Crippen LogP contribution in [0.15, 0.2) is 54.6 Å². The number of quaternary nitrogens is 1. The molecule has 0 atom stereocenters. The van der Waals surface area contributed by atoms with E-state index in [0.717, 1.165) is 32.7 Å². The van der Waals surface area contributed by atoms with Gasteiger partial charge in [-0.15, -0.1) is 0 Å². The van der Waals surface area contributed by atoms with Gasteiger partial charge in [0, 0.05) is 16.1 Å². The molecule has 2 aromatic carbocycles. The molecule has 2 N–H and O–H groups in total. The third-order valence-electron chi connectivity index (χ3n) is 4.13. The molecule has 1 saturated heterocycles. The molecule has 1 amide bonds. The predicted molar refractivity (Wildman–Crippen MR) is 91.3 cm³/mol. The van der Waals surface area contributed by atoms with Crippen molar-refractivity contribution in [3.63, 3.8) is 0 Å². The average molecular weight is 331 g/mol. The van der Waals surface area contributed by atoms with E-state index in [9.17, 15) is 4.79 Å². The maximum absolute atomic E-state index is 12.2. The lowest BCUT2D eigenvalue weighted by molar-refractivity contribution is -0.918. The van der Waals surface area contributed by atoms with Gasteiger partial charge in [-0.3, -0.25) is 10.2 Å². The molecule has 0 unspecified atom stereocenters. The monoisotopic (exact) mass is 330 g/mol. The van der Waals surface area contributed by atoms with Crippen LogP contribution in [-0.4, -0.2) is 37.1 Å².